The Labute approximate surface area is 140 Å². The first-order valence-electron chi connectivity index (χ1n) is 8.02. The van der Waals surface area contributed by atoms with Gasteiger partial charge in [0.1, 0.15) is 12.1 Å². The second-order valence-electron chi connectivity index (χ2n) is 6.09. The molecule has 2 atom stereocenters. The van der Waals surface area contributed by atoms with Crippen LogP contribution in [0.25, 0.3) is 0 Å². The second-order valence-corrected chi connectivity index (χ2v) is 6.09. The Bertz CT molecular complexity index is 607. The highest BCUT2D eigenvalue weighted by Gasteiger charge is 2.35. The predicted molar refractivity (Wildman–Crippen MR) is 87.8 cm³/mol. The Hall–Kier alpha value is -2.16. The Morgan fingerprint density at radius 2 is 2.08 bits per heavy atom. The van der Waals surface area contributed by atoms with Gasteiger partial charge in [-0.3, -0.25) is 14.6 Å². The minimum atomic E-state index is -0.857. The third-order valence-electron chi connectivity index (χ3n) is 4.38. The maximum absolute atomic E-state index is 12.1. The highest BCUT2D eigenvalue weighted by Crippen LogP contribution is 2.22. The van der Waals surface area contributed by atoms with Crippen molar-refractivity contribution in [2.45, 2.75) is 18.7 Å². The summed E-state index contributed by atoms with van der Waals surface area (Å²) in [5.41, 5.74) is 7.37. The van der Waals surface area contributed by atoms with E-state index in [9.17, 15) is 9.59 Å². The lowest BCUT2D eigenvalue weighted by molar-refractivity contribution is -0.140. The first-order valence-corrected chi connectivity index (χ1v) is 8.02. The van der Waals surface area contributed by atoms with Crippen LogP contribution in [0.1, 0.15) is 5.56 Å². The van der Waals surface area contributed by atoms with Crippen LogP contribution in [0.15, 0.2) is 24.3 Å². The zero-order valence-electron chi connectivity index (χ0n) is 13.4. The molecular weight excluding hydrogens is 312 g/mol. The number of anilines is 1. The fraction of sp³-hybridized carbons (Fsp3) is 0.500. The van der Waals surface area contributed by atoms with Crippen LogP contribution in [0.2, 0.25) is 0 Å². The molecule has 2 aliphatic heterocycles. The van der Waals surface area contributed by atoms with Crippen LogP contribution in [-0.2, 0) is 16.1 Å². The number of carbonyl (C=O) groups is 2. The van der Waals surface area contributed by atoms with Crippen molar-refractivity contribution in [1.29, 1.82) is 0 Å². The Morgan fingerprint density at radius 1 is 1.33 bits per heavy atom. The van der Waals surface area contributed by atoms with Gasteiger partial charge >= 0.3 is 12.1 Å². The largest absolute Gasteiger partial charge is 0.480 e. The van der Waals surface area contributed by atoms with Crippen molar-refractivity contribution >= 4 is 17.7 Å². The van der Waals surface area contributed by atoms with Crippen molar-refractivity contribution < 1.29 is 19.4 Å². The molecule has 130 valence electrons. The number of aliphatic carboxylic acids is 1. The van der Waals surface area contributed by atoms with E-state index < -0.39 is 12.0 Å². The van der Waals surface area contributed by atoms with Crippen molar-refractivity contribution in [2.75, 3.05) is 37.6 Å². The fourth-order valence-electron chi connectivity index (χ4n) is 3.07. The Morgan fingerprint density at radius 3 is 2.75 bits per heavy atom. The van der Waals surface area contributed by atoms with Gasteiger partial charge in [-0.15, -0.1) is 0 Å². The van der Waals surface area contributed by atoms with Gasteiger partial charge in [-0.1, -0.05) is 12.1 Å². The summed E-state index contributed by atoms with van der Waals surface area (Å²) in [6, 6.07) is 6.93. The molecular formula is C16H22N4O4. The SMILES string of the molecule is NCc1ccc(N2CC(CN3CCNC(C(=O)O)C3)OC2=O)cc1. The van der Waals surface area contributed by atoms with Crippen molar-refractivity contribution in [1.82, 2.24) is 10.2 Å². The number of ether oxygens (including phenoxy) is 1. The monoisotopic (exact) mass is 334 g/mol. The van der Waals surface area contributed by atoms with E-state index in [0.717, 1.165) is 17.8 Å². The first-order chi connectivity index (χ1) is 11.6. The van der Waals surface area contributed by atoms with Crippen molar-refractivity contribution in [3.8, 4) is 0 Å². The zero-order chi connectivity index (χ0) is 17.1. The molecule has 2 heterocycles. The number of nitrogens with two attached hydrogens (primary N) is 1. The molecule has 0 aromatic heterocycles. The van der Waals surface area contributed by atoms with Crippen molar-refractivity contribution in [3.05, 3.63) is 29.8 Å². The van der Waals surface area contributed by atoms with Gasteiger partial charge in [0.2, 0.25) is 0 Å². The van der Waals surface area contributed by atoms with Crippen LogP contribution in [0.3, 0.4) is 0 Å². The van der Waals surface area contributed by atoms with E-state index in [1.54, 1.807) is 4.90 Å². The quantitative estimate of drug-likeness (QED) is 0.686. The maximum Gasteiger partial charge on any atom is 0.414 e. The summed E-state index contributed by atoms with van der Waals surface area (Å²) in [6.45, 7) is 3.22. The summed E-state index contributed by atoms with van der Waals surface area (Å²) in [5, 5.41) is 12.1. The molecule has 3 rings (SSSR count). The lowest BCUT2D eigenvalue weighted by Gasteiger charge is -2.32. The summed E-state index contributed by atoms with van der Waals surface area (Å²) < 4.78 is 5.44. The van der Waals surface area contributed by atoms with Gasteiger partial charge in [0.25, 0.3) is 0 Å². The minimum absolute atomic E-state index is 0.265. The molecule has 1 amide bonds. The van der Waals surface area contributed by atoms with Gasteiger partial charge in [0, 0.05) is 38.4 Å². The number of hydrogen-bond donors (Lipinski definition) is 3. The van der Waals surface area contributed by atoms with Crippen molar-refractivity contribution in [2.24, 2.45) is 5.73 Å². The average molecular weight is 334 g/mol. The lowest BCUT2D eigenvalue weighted by Crippen LogP contribution is -2.55. The minimum Gasteiger partial charge on any atom is -0.480 e. The standard InChI is InChI=1S/C16H22N4O4/c17-7-11-1-3-12(4-2-11)20-9-13(24-16(20)23)8-19-6-5-18-14(10-19)15(21)22/h1-4,13-14,18H,5-10,17H2,(H,21,22). The average Bonchev–Trinajstić information content (AvgIpc) is 2.95. The van der Waals surface area contributed by atoms with Crippen LogP contribution in [0.4, 0.5) is 10.5 Å². The molecule has 1 aromatic carbocycles. The molecule has 4 N–H and O–H groups in total. The summed E-state index contributed by atoms with van der Waals surface area (Å²) >= 11 is 0. The molecule has 0 saturated carbocycles. The molecule has 2 fully saturated rings. The summed E-state index contributed by atoms with van der Waals surface area (Å²) in [4.78, 5) is 26.8. The highest BCUT2D eigenvalue weighted by atomic mass is 16.6. The topological polar surface area (TPSA) is 108 Å². The number of carboxylic acid groups (broad SMARTS) is 1. The number of carboxylic acids is 1. The number of cyclic esters (lactones) is 1. The van der Waals surface area contributed by atoms with E-state index in [1.807, 2.05) is 29.2 Å². The fourth-order valence-corrected chi connectivity index (χ4v) is 3.07. The third kappa shape index (κ3) is 3.66. The molecule has 1 aromatic rings. The maximum atomic E-state index is 12.1. The molecule has 0 spiro atoms. The second kappa shape index (κ2) is 7.16. The van der Waals surface area contributed by atoms with Gasteiger partial charge in [-0.05, 0) is 17.7 Å². The molecule has 2 unspecified atom stereocenters. The van der Waals surface area contributed by atoms with Crippen LogP contribution in [0.5, 0.6) is 0 Å². The number of nitrogens with one attached hydrogen (secondary N) is 1. The number of nitrogens with zero attached hydrogens (tertiary/aromatic N) is 2. The molecule has 0 radical (unpaired) electrons. The Balaban J connectivity index is 1.59. The summed E-state index contributed by atoms with van der Waals surface area (Å²) in [7, 11) is 0. The van der Waals surface area contributed by atoms with Crippen LogP contribution in [-0.4, -0.2) is 66.9 Å². The van der Waals surface area contributed by atoms with Crippen LogP contribution < -0.4 is 16.0 Å². The van der Waals surface area contributed by atoms with E-state index in [2.05, 4.69) is 5.32 Å². The van der Waals surface area contributed by atoms with E-state index in [0.29, 0.717) is 32.7 Å². The molecule has 0 aliphatic carbocycles. The van der Waals surface area contributed by atoms with E-state index in [-0.39, 0.29) is 12.2 Å². The number of carbonyl (C=O) groups excluding carboxylic acids is 1. The number of amides is 1. The normalized spacial score (nSPS) is 24.9. The number of rotatable bonds is 5. The van der Waals surface area contributed by atoms with E-state index in [1.165, 1.54) is 0 Å². The van der Waals surface area contributed by atoms with E-state index in [4.69, 9.17) is 15.6 Å². The van der Waals surface area contributed by atoms with Gasteiger partial charge in [0.15, 0.2) is 0 Å². The molecule has 2 saturated heterocycles. The molecule has 8 heteroatoms. The van der Waals surface area contributed by atoms with Gasteiger partial charge < -0.3 is 20.9 Å². The Kier molecular flexibility index (Phi) is 4.98. The number of piperazine rings is 1. The summed E-state index contributed by atoms with van der Waals surface area (Å²) in [5.74, 6) is -0.857. The molecule has 2 aliphatic rings. The third-order valence-corrected chi connectivity index (χ3v) is 4.38. The number of hydrogen-bond acceptors (Lipinski definition) is 6. The van der Waals surface area contributed by atoms with Gasteiger partial charge in [-0.25, -0.2) is 4.79 Å². The first kappa shape index (κ1) is 16.7. The van der Waals surface area contributed by atoms with Crippen LogP contribution in [0, 0.1) is 0 Å². The number of benzene rings is 1. The van der Waals surface area contributed by atoms with Crippen LogP contribution >= 0.6 is 0 Å². The van der Waals surface area contributed by atoms with Gasteiger partial charge in [-0.2, -0.15) is 0 Å². The zero-order valence-corrected chi connectivity index (χ0v) is 13.4. The smallest absolute Gasteiger partial charge is 0.414 e. The predicted octanol–water partition coefficient (Wildman–Crippen LogP) is -0.171. The summed E-state index contributed by atoms with van der Waals surface area (Å²) in [6.07, 6.45) is -0.635. The molecule has 24 heavy (non-hydrogen) atoms. The molecule has 8 nitrogen and oxygen atoms in total. The molecule has 0 bridgehead atoms. The lowest BCUT2D eigenvalue weighted by atomic mass is 10.2. The highest BCUT2D eigenvalue weighted by molar-refractivity contribution is 5.89. The van der Waals surface area contributed by atoms with E-state index >= 15 is 0 Å². The van der Waals surface area contributed by atoms with Gasteiger partial charge in [0.05, 0.1) is 6.54 Å². The van der Waals surface area contributed by atoms with Crippen molar-refractivity contribution in [3.63, 3.8) is 0 Å².